The van der Waals surface area contributed by atoms with Gasteiger partial charge in [-0.05, 0) is 31.2 Å². The first kappa shape index (κ1) is 14.9. The minimum atomic E-state index is -0.650. The van der Waals surface area contributed by atoms with E-state index in [1.54, 1.807) is 43.5 Å². The number of carbonyl (C=O) groups is 1. The summed E-state index contributed by atoms with van der Waals surface area (Å²) >= 11 is 0. The molecule has 0 bridgehead atoms. The maximum absolute atomic E-state index is 12.8. The number of fused-ring (bicyclic) bond motifs is 1. The van der Waals surface area contributed by atoms with Crippen LogP contribution in [-0.2, 0) is 4.74 Å². The predicted molar refractivity (Wildman–Crippen MR) is 86.9 cm³/mol. The van der Waals surface area contributed by atoms with Crippen LogP contribution < -0.4 is 10.2 Å². The van der Waals surface area contributed by atoms with Gasteiger partial charge in [-0.3, -0.25) is 4.79 Å². The molecule has 0 saturated carbocycles. The largest absolute Gasteiger partial charge is 0.495 e. The van der Waals surface area contributed by atoms with Gasteiger partial charge in [0.2, 0.25) is 5.43 Å². The van der Waals surface area contributed by atoms with E-state index in [1.807, 2.05) is 0 Å². The third-order valence-corrected chi connectivity index (χ3v) is 3.56. The number of methoxy groups -OCH3 is 1. The van der Waals surface area contributed by atoms with Gasteiger partial charge < -0.3 is 19.4 Å². The molecule has 0 spiro atoms. The Balaban J connectivity index is 2.40. The molecular formula is C17H16N2O4. The second-order valence-electron chi connectivity index (χ2n) is 4.89. The highest BCUT2D eigenvalue weighted by molar-refractivity contribution is 6.00. The van der Waals surface area contributed by atoms with E-state index in [1.165, 1.54) is 7.11 Å². The first-order chi connectivity index (χ1) is 11.2. The summed E-state index contributed by atoms with van der Waals surface area (Å²) in [5.41, 5.74) is 1.14. The zero-order valence-electron chi connectivity index (χ0n) is 12.8. The van der Waals surface area contributed by atoms with E-state index in [2.05, 4.69) is 9.97 Å². The highest BCUT2D eigenvalue weighted by atomic mass is 16.5. The molecule has 2 N–H and O–H groups in total. The zero-order chi connectivity index (χ0) is 16.4. The van der Waals surface area contributed by atoms with Crippen LogP contribution in [0.4, 0.5) is 0 Å². The second-order valence-corrected chi connectivity index (χ2v) is 4.89. The first-order valence-electron chi connectivity index (χ1n) is 7.21. The Morgan fingerprint density at radius 3 is 2.70 bits per heavy atom. The number of hydrogen-bond acceptors (Lipinski definition) is 4. The summed E-state index contributed by atoms with van der Waals surface area (Å²) in [7, 11) is 1.53. The molecule has 0 saturated heterocycles. The first-order valence-corrected chi connectivity index (χ1v) is 7.21. The Bertz CT molecular complexity index is 910. The monoisotopic (exact) mass is 312 g/mol. The normalized spacial score (nSPS) is 10.7. The van der Waals surface area contributed by atoms with Crippen molar-refractivity contribution in [2.24, 2.45) is 0 Å². The van der Waals surface area contributed by atoms with Gasteiger partial charge in [0.05, 0.1) is 36.0 Å². The molecule has 0 aliphatic rings. The fraction of sp³-hybridized carbons (Fsp3) is 0.176. The van der Waals surface area contributed by atoms with Crippen LogP contribution in [0.2, 0.25) is 0 Å². The zero-order valence-corrected chi connectivity index (χ0v) is 12.8. The van der Waals surface area contributed by atoms with E-state index in [0.717, 1.165) is 0 Å². The standard InChI is InChI=1S/C17H16N2O4/c1-3-23-17(21)13-15(11-7-5-9-18-11)19-14-10(16(13)20)6-4-8-12(14)22-2/h4-9,18H,3H2,1-2H3,(H,19,20). The molecule has 0 radical (unpaired) electrons. The Kier molecular flexibility index (Phi) is 3.89. The maximum Gasteiger partial charge on any atom is 0.344 e. The van der Waals surface area contributed by atoms with Crippen LogP contribution in [0.3, 0.4) is 0 Å². The summed E-state index contributed by atoms with van der Waals surface area (Å²) < 4.78 is 10.4. The lowest BCUT2D eigenvalue weighted by molar-refractivity contribution is 0.0525. The molecule has 0 aliphatic heterocycles. The fourth-order valence-corrected chi connectivity index (χ4v) is 2.54. The van der Waals surface area contributed by atoms with Gasteiger partial charge in [0.1, 0.15) is 11.3 Å². The van der Waals surface area contributed by atoms with Gasteiger partial charge >= 0.3 is 5.97 Å². The van der Waals surface area contributed by atoms with Crippen molar-refractivity contribution in [1.29, 1.82) is 0 Å². The summed E-state index contributed by atoms with van der Waals surface area (Å²) in [6, 6.07) is 8.67. The fourth-order valence-electron chi connectivity index (χ4n) is 2.54. The number of hydrogen-bond donors (Lipinski definition) is 2. The molecule has 3 rings (SSSR count). The number of para-hydroxylation sites is 1. The van der Waals surface area contributed by atoms with Crippen LogP contribution >= 0.6 is 0 Å². The number of rotatable bonds is 4. The van der Waals surface area contributed by atoms with Gasteiger partial charge in [0.25, 0.3) is 0 Å². The van der Waals surface area contributed by atoms with Gasteiger partial charge in [0, 0.05) is 6.20 Å². The van der Waals surface area contributed by atoms with Crippen molar-refractivity contribution in [2.45, 2.75) is 6.92 Å². The number of pyridine rings is 1. The predicted octanol–water partition coefficient (Wildman–Crippen LogP) is 2.71. The summed E-state index contributed by atoms with van der Waals surface area (Å²) in [6.45, 7) is 1.89. The molecule has 23 heavy (non-hydrogen) atoms. The van der Waals surface area contributed by atoms with Gasteiger partial charge in [-0.2, -0.15) is 0 Å². The van der Waals surface area contributed by atoms with Crippen LogP contribution in [0.1, 0.15) is 17.3 Å². The molecule has 118 valence electrons. The van der Waals surface area contributed by atoms with Crippen LogP contribution in [-0.4, -0.2) is 29.7 Å². The average molecular weight is 312 g/mol. The number of carbonyl (C=O) groups excluding carboxylic acids is 1. The molecule has 0 fully saturated rings. The quantitative estimate of drug-likeness (QED) is 0.725. The molecule has 0 aliphatic carbocycles. The number of aromatic amines is 2. The third-order valence-electron chi connectivity index (χ3n) is 3.56. The van der Waals surface area contributed by atoms with Crippen LogP contribution in [0.5, 0.6) is 5.75 Å². The van der Waals surface area contributed by atoms with E-state index in [-0.39, 0.29) is 17.6 Å². The van der Waals surface area contributed by atoms with E-state index in [4.69, 9.17) is 9.47 Å². The topological polar surface area (TPSA) is 84.2 Å². The minimum absolute atomic E-state index is 0.0185. The molecule has 2 heterocycles. The molecule has 6 nitrogen and oxygen atoms in total. The molecule has 0 atom stereocenters. The molecule has 3 aromatic rings. The lowest BCUT2D eigenvalue weighted by Crippen LogP contribution is -2.20. The van der Waals surface area contributed by atoms with Gasteiger partial charge in [-0.15, -0.1) is 0 Å². The Morgan fingerprint density at radius 1 is 1.22 bits per heavy atom. The summed E-state index contributed by atoms with van der Waals surface area (Å²) in [5.74, 6) is -0.120. The number of benzene rings is 1. The van der Waals surface area contributed by atoms with Crippen LogP contribution in [0, 0.1) is 0 Å². The van der Waals surface area contributed by atoms with Crippen LogP contribution in [0.15, 0.2) is 41.3 Å². The van der Waals surface area contributed by atoms with E-state index in [0.29, 0.717) is 28.0 Å². The minimum Gasteiger partial charge on any atom is -0.495 e. The van der Waals surface area contributed by atoms with Crippen molar-refractivity contribution in [3.63, 3.8) is 0 Å². The smallest absolute Gasteiger partial charge is 0.344 e. The highest BCUT2D eigenvalue weighted by Gasteiger charge is 2.22. The number of nitrogens with one attached hydrogen (secondary N) is 2. The summed E-state index contributed by atoms with van der Waals surface area (Å²) in [5, 5.41) is 0.378. The van der Waals surface area contributed by atoms with Crippen molar-refractivity contribution in [3.05, 3.63) is 52.3 Å². The van der Waals surface area contributed by atoms with Crippen molar-refractivity contribution in [2.75, 3.05) is 13.7 Å². The summed E-state index contributed by atoms with van der Waals surface area (Å²) in [4.78, 5) is 31.3. The van der Waals surface area contributed by atoms with E-state index >= 15 is 0 Å². The van der Waals surface area contributed by atoms with Crippen molar-refractivity contribution in [1.82, 2.24) is 9.97 Å². The maximum atomic E-state index is 12.8. The van der Waals surface area contributed by atoms with Crippen molar-refractivity contribution < 1.29 is 14.3 Å². The van der Waals surface area contributed by atoms with E-state index < -0.39 is 5.97 Å². The number of aromatic nitrogens is 2. The van der Waals surface area contributed by atoms with Gasteiger partial charge in [-0.25, -0.2) is 4.79 Å². The molecule has 6 heteroatoms. The molecule has 0 unspecified atom stereocenters. The number of H-pyrrole nitrogens is 2. The SMILES string of the molecule is CCOC(=O)c1c(-c2ccc[nH]2)[nH]c2c(OC)cccc2c1=O. The number of esters is 1. The van der Waals surface area contributed by atoms with Crippen molar-refractivity contribution in [3.8, 4) is 17.1 Å². The lowest BCUT2D eigenvalue weighted by atomic mass is 10.1. The van der Waals surface area contributed by atoms with Gasteiger partial charge in [-0.1, -0.05) is 6.07 Å². The Morgan fingerprint density at radius 2 is 2.04 bits per heavy atom. The molecule has 0 amide bonds. The van der Waals surface area contributed by atoms with E-state index in [9.17, 15) is 9.59 Å². The second kappa shape index (κ2) is 6.00. The Labute approximate surface area is 132 Å². The molecule has 1 aromatic carbocycles. The van der Waals surface area contributed by atoms with Crippen LogP contribution in [0.25, 0.3) is 22.3 Å². The highest BCUT2D eigenvalue weighted by Crippen LogP contribution is 2.27. The Hall–Kier alpha value is -3.02. The molecule has 2 aromatic heterocycles. The number of ether oxygens (including phenoxy) is 2. The average Bonchev–Trinajstić information content (AvgIpc) is 3.08. The summed E-state index contributed by atoms with van der Waals surface area (Å²) in [6.07, 6.45) is 1.72. The molecular weight excluding hydrogens is 296 g/mol. The van der Waals surface area contributed by atoms with Gasteiger partial charge in [0.15, 0.2) is 0 Å². The lowest BCUT2D eigenvalue weighted by Gasteiger charge is -2.11. The van der Waals surface area contributed by atoms with Crippen molar-refractivity contribution >= 4 is 16.9 Å². The third kappa shape index (κ3) is 2.48.